The highest BCUT2D eigenvalue weighted by Gasteiger charge is 2.18. The van der Waals surface area contributed by atoms with Gasteiger partial charge >= 0.3 is 0 Å². The molecule has 0 saturated carbocycles. The molecule has 3 heteroatoms. The second kappa shape index (κ2) is 8.08. The fourth-order valence-electron chi connectivity index (χ4n) is 2.62. The van der Waals surface area contributed by atoms with Crippen molar-refractivity contribution >= 4 is 5.69 Å². The van der Waals surface area contributed by atoms with Crippen LogP contribution in [-0.4, -0.2) is 37.2 Å². The van der Waals surface area contributed by atoms with Gasteiger partial charge in [0, 0.05) is 31.4 Å². The Labute approximate surface area is 129 Å². The zero-order valence-electron chi connectivity index (χ0n) is 13.6. The molecule has 116 valence electrons. The summed E-state index contributed by atoms with van der Waals surface area (Å²) in [7, 11) is 0. The Morgan fingerprint density at radius 3 is 2.48 bits per heavy atom. The van der Waals surface area contributed by atoms with E-state index in [1.54, 1.807) is 0 Å². The SMILES string of the molecule is CCOc1ccc(NC2CCN(CC=C(C)C)CC2)cc1. The molecule has 0 aliphatic carbocycles. The number of nitrogens with zero attached hydrogens (tertiary/aromatic N) is 1. The largest absolute Gasteiger partial charge is 0.494 e. The number of rotatable bonds is 6. The van der Waals surface area contributed by atoms with Crippen LogP contribution < -0.4 is 10.1 Å². The third-order valence-corrected chi connectivity index (χ3v) is 3.88. The number of nitrogens with one attached hydrogen (secondary N) is 1. The Balaban J connectivity index is 1.76. The van der Waals surface area contributed by atoms with Gasteiger partial charge in [0.25, 0.3) is 0 Å². The predicted octanol–water partition coefficient (Wildman–Crippen LogP) is 3.93. The molecule has 0 bridgehead atoms. The molecule has 1 aromatic rings. The van der Waals surface area contributed by atoms with Crippen molar-refractivity contribution in [1.29, 1.82) is 0 Å². The smallest absolute Gasteiger partial charge is 0.119 e. The Bertz CT molecular complexity index is 441. The third kappa shape index (κ3) is 5.43. The lowest BCUT2D eigenvalue weighted by molar-refractivity contribution is 0.240. The highest BCUT2D eigenvalue weighted by atomic mass is 16.5. The molecular formula is C18H28N2O. The van der Waals surface area contributed by atoms with Crippen molar-refractivity contribution in [2.45, 2.75) is 39.7 Å². The first-order chi connectivity index (χ1) is 10.2. The first-order valence-electron chi connectivity index (χ1n) is 8.02. The average Bonchev–Trinajstić information content (AvgIpc) is 2.49. The zero-order chi connectivity index (χ0) is 15.1. The van der Waals surface area contributed by atoms with Crippen LogP contribution >= 0.6 is 0 Å². The summed E-state index contributed by atoms with van der Waals surface area (Å²) in [6.07, 6.45) is 4.74. The topological polar surface area (TPSA) is 24.5 Å². The summed E-state index contributed by atoms with van der Waals surface area (Å²) in [4.78, 5) is 2.53. The minimum Gasteiger partial charge on any atom is -0.494 e. The van der Waals surface area contributed by atoms with Crippen LogP contribution in [0.15, 0.2) is 35.9 Å². The quantitative estimate of drug-likeness (QED) is 0.803. The lowest BCUT2D eigenvalue weighted by Crippen LogP contribution is -2.39. The predicted molar refractivity (Wildman–Crippen MR) is 90.1 cm³/mol. The Morgan fingerprint density at radius 1 is 1.24 bits per heavy atom. The minimum atomic E-state index is 0.589. The molecule has 1 fully saturated rings. The summed E-state index contributed by atoms with van der Waals surface area (Å²) < 4.78 is 5.47. The normalized spacial score (nSPS) is 16.5. The average molecular weight is 288 g/mol. The maximum absolute atomic E-state index is 5.47. The number of anilines is 1. The van der Waals surface area contributed by atoms with Gasteiger partial charge in [-0.25, -0.2) is 0 Å². The summed E-state index contributed by atoms with van der Waals surface area (Å²) in [5.74, 6) is 0.944. The van der Waals surface area contributed by atoms with Gasteiger partial charge in [0.15, 0.2) is 0 Å². The second-order valence-corrected chi connectivity index (χ2v) is 5.96. The van der Waals surface area contributed by atoms with Crippen LogP contribution in [0.3, 0.4) is 0 Å². The zero-order valence-corrected chi connectivity index (χ0v) is 13.6. The summed E-state index contributed by atoms with van der Waals surface area (Å²) in [6, 6.07) is 8.89. The molecule has 3 nitrogen and oxygen atoms in total. The third-order valence-electron chi connectivity index (χ3n) is 3.88. The Hall–Kier alpha value is -1.48. The first-order valence-corrected chi connectivity index (χ1v) is 8.02. The first kappa shape index (κ1) is 15.9. The highest BCUT2D eigenvalue weighted by molar-refractivity contribution is 5.47. The molecule has 0 atom stereocenters. The second-order valence-electron chi connectivity index (χ2n) is 5.96. The Kier molecular flexibility index (Phi) is 6.12. The number of ether oxygens (including phenoxy) is 1. The van der Waals surface area contributed by atoms with E-state index in [-0.39, 0.29) is 0 Å². The summed E-state index contributed by atoms with van der Waals surface area (Å²) in [5.41, 5.74) is 2.60. The van der Waals surface area contributed by atoms with Crippen molar-refractivity contribution in [2.24, 2.45) is 0 Å². The van der Waals surface area contributed by atoms with Crippen molar-refractivity contribution in [2.75, 3.05) is 31.6 Å². The van der Waals surface area contributed by atoms with Crippen LogP contribution in [0, 0.1) is 0 Å². The van der Waals surface area contributed by atoms with Crippen LogP contribution in [0.25, 0.3) is 0 Å². The molecule has 0 aromatic heterocycles. The molecule has 21 heavy (non-hydrogen) atoms. The van der Waals surface area contributed by atoms with Crippen LogP contribution in [-0.2, 0) is 0 Å². The number of allylic oxidation sites excluding steroid dienone is 1. The molecule has 1 N–H and O–H groups in total. The Morgan fingerprint density at radius 2 is 1.90 bits per heavy atom. The van der Waals surface area contributed by atoms with Gasteiger partial charge in [-0.1, -0.05) is 11.6 Å². The number of piperidine rings is 1. The highest BCUT2D eigenvalue weighted by Crippen LogP contribution is 2.19. The molecule has 1 heterocycles. The van der Waals surface area contributed by atoms with Crippen LogP contribution in [0.5, 0.6) is 5.75 Å². The van der Waals surface area contributed by atoms with Gasteiger partial charge in [0.2, 0.25) is 0 Å². The number of hydrogen-bond donors (Lipinski definition) is 1. The van der Waals surface area contributed by atoms with E-state index in [0.29, 0.717) is 6.04 Å². The van der Waals surface area contributed by atoms with Crippen molar-refractivity contribution in [3.63, 3.8) is 0 Å². The van der Waals surface area contributed by atoms with Crippen molar-refractivity contribution in [3.05, 3.63) is 35.9 Å². The van der Waals surface area contributed by atoms with E-state index in [0.717, 1.165) is 18.9 Å². The van der Waals surface area contributed by atoms with Crippen LogP contribution in [0.1, 0.15) is 33.6 Å². The van der Waals surface area contributed by atoms with Gasteiger partial charge in [0.05, 0.1) is 6.61 Å². The van der Waals surface area contributed by atoms with E-state index in [1.165, 1.54) is 37.2 Å². The van der Waals surface area contributed by atoms with E-state index in [9.17, 15) is 0 Å². The van der Waals surface area contributed by atoms with Crippen molar-refractivity contribution < 1.29 is 4.74 Å². The van der Waals surface area contributed by atoms with E-state index in [2.05, 4.69) is 42.3 Å². The van der Waals surface area contributed by atoms with E-state index < -0.39 is 0 Å². The molecule has 0 spiro atoms. The van der Waals surface area contributed by atoms with Gasteiger partial charge < -0.3 is 10.1 Å². The number of benzene rings is 1. The molecule has 0 amide bonds. The van der Waals surface area contributed by atoms with Gasteiger partial charge in [-0.05, 0) is 57.9 Å². The molecule has 1 aliphatic rings. The maximum Gasteiger partial charge on any atom is 0.119 e. The van der Waals surface area contributed by atoms with Crippen molar-refractivity contribution in [3.8, 4) is 5.75 Å². The fourth-order valence-corrected chi connectivity index (χ4v) is 2.62. The van der Waals surface area contributed by atoms with E-state index >= 15 is 0 Å². The van der Waals surface area contributed by atoms with E-state index in [4.69, 9.17) is 4.74 Å². The summed E-state index contributed by atoms with van der Waals surface area (Å²) >= 11 is 0. The van der Waals surface area contributed by atoms with Gasteiger partial charge in [-0.15, -0.1) is 0 Å². The summed E-state index contributed by atoms with van der Waals surface area (Å²) in [5, 5.41) is 3.64. The molecule has 1 aromatic carbocycles. The molecule has 2 rings (SSSR count). The lowest BCUT2D eigenvalue weighted by atomic mass is 10.0. The standard InChI is InChI=1S/C18H28N2O/c1-4-21-18-7-5-16(6-8-18)19-17-10-13-20(14-11-17)12-9-15(2)3/h5-9,17,19H,4,10-14H2,1-3H3. The monoisotopic (exact) mass is 288 g/mol. The molecule has 1 saturated heterocycles. The summed E-state index contributed by atoms with van der Waals surface area (Å²) in [6.45, 7) is 10.5. The van der Waals surface area contributed by atoms with Gasteiger partial charge in [-0.2, -0.15) is 0 Å². The molecular weight excluding hydrogens is 260 g/mol. The minimum absolute atomic E-state index is 0.589. The number of likely N-dealkylation sites (tertiary alicyclic amines) is 1. The maximum atomic E-state index is 5.47. The van der Waals surface area contributed by atoms with Crippen LogP contribution in [0.4, 0.5) is 5.69 Å². The number of hydrogen-bond acceptors (Lipinski definition) is 3. The lowest BCUT2D eigenvalue weighted by Gasteiger charge is -2.32. The molecule has 0 radical (unpaired) electrons. The van der Waals surface area contributed by atoms with E-state index in [1.807, 2.05) is 19.1 Å². The molecule has 0 unspecified atom stereocenters. The van der Waals surface area contributed by atoms with Gasteiger partial charge in [0.1, 0.15) is 5.75 Å². The molecule has 1 aliphatic heterocycles. The van der Waals surface area contributed by atoms with Crippen molar-refractivity contribution in [1.82, 2.24) is 4.90 Å². The fraction of sp³-hybridized carbons (Fsp3) is 0.556. The van der Waals surface area contributed by atoms with Crippen LogP contribution in [0.2, 0.25) is 0 Å². The van der Waals surface area contributed by atoms with Gasteiger partial charge in [-0.3, -0.25) is 4.90 Å².